The Hall–Kier alpha value is -0.570. The lowest BCUT2D eigenvalue weighted by Gasteiger charge is -2.26. The van der Waals surface area contributed by atoms with E-state index in [-0.39, 0.29) is 11.9 Å². The Bertz CT molecular complexity index is 225. The van der Waals surface area contributed by atoms with Crippen LogP contribution in [0.2, 0.25) is 0 Å². The normalized spacial score (nSPS) is 29.7. The lowest BCUT2D eigenvalue weighted by atomic mass is 10.1. The van der Waals surface area contributed by atoms with E-state index in [0.717, 1.165) is 19.0 Å². The van der Waals surface area contributed by atoms with E-state index in [4.69, 9.17) is 0 Å². The minimum absolute atomic E-state index is 0.0308. The van der Waals surface area contributed by atoms with E-state index in [1.54, 1.807) is 0 Å². The van der Waals surface area contributed by atoms with Gasteiger partial charge < -0.3 is 4.90 Å². The van der Waals surface area contributed by atoms with Crippen molar-refractivity contribution in [3.63, 3.8) is 0 Å². The van der Waals surface area contributed by atoms with Crippen molar-refractivity contribution in [3.8, 4) is 0 Å². The van der Waals surface area contributed by atoms with Crippen molar-refractivity contribution in [2.45, 2.75) is 51.6 Å². The van der Waals surface area contributed by atoms with Crippen LogP contribution in [0.1, 0.15) is 39.5 Å². The second kappa shape index (κ2) is 3.89. The van der Waals surface area contributed by atoms with Crippen LogP contribution >= 0.6 is 0 Å². The first-order valence-electron chi connectivity index (χ1n) is 5.76. The molecule has 0 radical (unpaired) electrons. The minimum atomic E-state index is 0.0308. The van der Waals surface area contributed by atoms with Crippen LogP contribution in [0.4, 0.5) is 0 Å². The van der Waals surface area contributed by atoms with Gasteiger partial charge in [0.2, 0.25) is 5.91 Å². The summed E-state index contributed by atoms with van der Waals surface area (Å²) in [6.07, 6.45) is 5.07. The van der Waals surface area contributed by atoms with Gasteiger partial charge in [-0.3, -0.25) is 10.1 Å². The predicted octanol–water partition coefficient (Wildman–Crippen LogP) is 1.34. The molecule has 3 heteroatoms. The molecule has 2 rings (SSSR count). The van der Waals surface area contributed by atoms with E-state index < -0.39 is 0 Å². The third kappa shape index (κ3) is 1.92. The molecular formula is C11H20N2O. The Morgan fingerprint density at radius 3 is 2.71 bits per heavy atom. The van der Waals surface area contributed by atoms with Crippen molar-refractivity contribution in [2.24, 2.45) is 5.92 Å². The average Bonchev–Trinajstić information content (AvgIpc) is 2.94. The summed E-state index contributed by atoms with van der Waals surface area (Å²) in [4.78, 5) is 13.8. The summed E-state index contributed by atoms with van der Waals surface area (Å²) >= 11 is 0. The van der Waals surface area contributed by atoms with Gasteiger partial charge >= 0.3 is 0 Å². The zero-order valence-corrected chi connectivity index (χ0v) is 9.12. The molecular weight excluding hydrogens is 176 g/mol. The Balaban J connectivity index is 1.93. The van der Waals surface area contributed by atoms with E-state index in [2.05, 4.69) is 12.2 Å². The van der Waals surface area contributed by atoms with Gasteiger partial charge in [0.1, 0.15) is 0 Å². The van der Waals surface area contributed by atoms with Gasteiger partial charge in [-0.1, -0.05) is 19.8 Å². The highest BCUT2D eigenvalue weighted by atomic mass is 16.2. The first-order valence-corrected chi connectivity index (χ1v) is 5.76. The van der Waals surface area contributed by atoms with Crippen molar-refractivity contribution in [3.05, 3.63) is 0 Å². The van der Waals surface area contributed by atoms with Crippen molar-refractivity contribution in [1.82, 2.24) is 10.2 Å². The van der Waals surface area contributed by atoms with Gasteiger partial charge in [0.15, 0.2) is 0 Å². The number of nitrogens with one attached hydrogen (secondary N) is 1. The van der Waals surface area contributed by atoms with E-state index in [1.807, 2.05) is 11.8 Å². The summed E-state index contributed by atoms with van der Waals surface area (Å²) in [5.74, 6) is 1.20. The molecule has 14 heavy (non-hydrogen) atoms. The standard InChI is InChI=1S/C11H20N2O/c1-3-10(6-9-4-5-9)13-7-12-8(2)11(13)14/h8-10,12H,3-7H2,1-2H3. The first kappa shape index (κ1) is 9.97. The predicted molar refractivity (Wildman–Crippen MR) is 55.7 cm³/mol. The maximum absolute atomic E-state index is 11.8. The number of carbonyl (C=O) groups excluding carboxylic acids is 1. The Labute approximate surface area is 85.8 Å². The molecule has 80 valence electrons. The summed E-state index contributed by atoms with van der Waals surface area (Å²) < 4.78 is 0. The molecule has 1 N–H and O–H groups in total. The molecule has 1 saturated carbocycles. The van der Waals surface area contributed by atoms with Gasteiger partial charge in [-0.2, -0.15) is 0 Å². The van der Waals surface area contributed by atoms with Crippen molar-refractivity contribution >= 4 is 5.91 Å². The Morgan fingerprint density at radius 1 is 1.57 bits per heavy atom. The number of hydrogen-bond donors (Lipinski definition) is 1. The van der Waals surface area contributed by atoms with Crippen molar-refractivity contribution in [2.75, 3.05) is 6.67 Å². The van der Waals surface area contributed by atoms with Gasteiger partial charge in [-0.15, -0.1) is 0 Å². The molecule has 2 unspecified atom stereocenters. The summed E-state index contributed by atoms with van der Waals surface area (Å²) in [5, 5.41) is 3.20. The first-order chi connectivity index (χ1) is 6.72. The van der Waals surface area contributed by atoms with Crippen LogP contribution in [0, 0.1) is 5.92 Å². The molecule has 2 aliphatic rings. The molecule has 0 aromatic heterocycles. The minimum Gasteiger partial charge on any atom is -0.326 e. The van der Waals surface area contributed by atoms with Gasteiger partial charge in [0.25, 0.3) is 0 Å². The SMILES string of the molecule is CCC(CC1CC1)N1CNC(C)C1=O. The highest BCUT2D eigenvalue weighted by Gasteiger charge is 2.35. The monoisotopic (exact) mass is 196 g/mol. The number of carbonyl (C=O) groups is 1. The molecule has 1 aliphatic heterocycles. The molecule has 0 aromatic rings. The third-order valence-electron chi connectivity index (χ3n) is 3.44. The summed E-state index contributed by atoms with van der Waals surface area (Å²) in [6.45, 7) is 4.89. The van der Waals surface area contributed by atoms with Gasteiger partial charge in [-0.25, -0.2) is 0 Å². The number of rotatable bonds is 4. The van der Waals surface area contributed by atoms with E-state index in [0.29, 0.717) is 6.04 Å². The maximum atomic E-state index is 11.8. The summed E-state index contributed by atoms with van der Waals surface area (Å²) in [5.41, 5.74) is 0. The van der Waals surface area contributed by atoms with Crippen molar-refractivity contribution in [1.29, 1.82) is 0 Å². The molecule has 3 nitrogen and oxygen atoms in total. The van der Waals surface area contributed by atoms with Gasteiger partial charge in [0, 0.05) is 6.04 Å². The molecule has 1 heterocycles. The number of hydrogen-bond acceptors (Lipinski definition) is 2. The van der Waals surface area contributed by atoms with Crippen LogP contribution in [0.3, 0.4) is 0 Å². The summed E-state index contributed by atoms with van der Waals surface area (Å²) in [6, 6.07) is 0.510. The number of nitrogens with zero attached hydrogens (tertiary/aromatic N) is 1. The van der Waals surface area contributed by atoms with Crippen LogP contribution in [-0.4, -0.2) is 29.6 Å². The summed E-state index contributed by atoms with van der Waals surface area (Å²) in [7, 11) is 0. The van der Waals surface area contributed by atoms with Gasteiger partial charge in [-0.05, 0) is 25.7 Å². The molecule has 1 saturated heterocycles. The van der Waals surface area contributed by atoms with E-state index >= 15 is 0 Å². The zero-order chi connectivity index (χ0) is 10.1. The molecule has 2 atom stereocenters. The fourth-order valence-electron chi connectivity index (χ4n) is 2.21. The Morgan fingerprint density at radius 2 is 2.29 bits per heavy atom. The van der Waals surface area contributed by atoms with Crippen LogP contribution < -0.4 is 5.32 Å². The molecule has 0 spiro atoms. The molecule has 1 aliphatic carbocycles. The molecule has 1 amide bonds. The van der Waals surface area contributed by atoms with Crippen LogP contribution in [-0.2, 0) is 4.79 Å². The van der Waals surface area contributed by atoms with Gasteiger partial charge in [0.05, 0.1) is 12.7 Å². The van der Waals surface area contributed by atoms with E-state index in [9.17, 15) is 4.79 Å². The second-order valence-corrected chi connectivity index (χ2v) is 4.63. The average molecular weight is 196 g/mol. The maximum Gasteiger partial charge on any atom is 0.240 e. The fraction of sp³-hybridized carbons (Fsp3) is 0.909. The quantitative estimate of drug-likeness (QED) is 0.736. The fourth-order valence-corrected chi connectivity index (χ4v) is 2.21. The lowest BCUT2D eigenvalue weighted by Crippen LogP contribution is -2.38. The smallest absolute Gasteiger partial charge is 0.240 e. The highest BCUT2D eigenvalue weighted by Crippen LogP contribution is 2.35. The van der Waals surface area contributed by atoms with Crippen molar-refractivity contribution < 1.29 is 4.79 Å². The Kier molecular flexibility index (Phi) is 2.77. The largest absolute Gasteiger partial charge is 0.326 e. The molecule has 0 bridgehead atoms. The molecule has 0 aromatic carbocycles. The van der Waals surface area contributed by atoms with E-state index in [1.165, 1.54) is 19.3 Å². The second-order valence-electron chi connectivity index (χ2n) is 4.63. The molecule has 2 fully saturated rings. The lowest BCUT2D eigenvalue weighted by molar-refractivity contribution is -0.130. The third-order valence-corrected chi connectivity index (χ3v) is 3.44. The van der Waals surface area contributed by atoms with Crippen LogP contribution in [0.15, 0.2) is 0 Å². The van der Waals surface area contributed by atoms with Crippen LogP contribution in [0.25, 0.3) is 0 Å². The number of amides is 1. The zero-order valence-electron chi connectivity index (χ0n) is 9.12. The van der Waals surface area contributed by atoms with Crippen LogP contribution in [0.5, 0.6) is 0 Å². The highest BCUT2D eigenvalue weighted by molar-refractivity contribution is 5.83. The topological polar surface area (TPSA) is 32.3 Å².